The van der Waals surface area contributed by atoms with E-state index < -0.39 is 0 Å². The van der Waals surface area contributed by atoms with E-state index in [0.29, 0.717) is 11.6 Å². The van der Waals surface area contributed by atoms with Gasteiger partial charge in [0.2, 0.25) is 11.1 Å². The van der Waals surface area contributed by atoms with Crippen LogP contribution in [0.3, 0.4) is 0 Å². The number of aromatic nitrogens is 3. The van der Waals surface area contributed by atoms with Gasteiger partial charge in [0.15, 0.2) is 5.78 Å². The van der Waals surface area contributed by atoms with E-state index in [1.54, 1.807) is 0 Å². The van der Waals surface area contributed by atoms with Gasteiger partial charge in [0.05, 0.1) is 0 Å². The van der Waals surface area contributed by atoms with Crippen LogP contribution in [0.2, 0.25) is 0 Å². The highest BCUT2D eigenvalue weighted by Crippen LogP contribution is 2.45. The number of hydrogen-bond donors (Lipinski definition) is 1. The smallest absolute Gasteiger partial charge is 0.227 e. The van der Waals surface area contributed by atoms with Gasteiger partial charge in [-0.05, 0) is 23.7 Å². The molecule has 6 heteroatoms. The largest absolute Gasteiger partial charge is 0.328 e. The molecule has 1 N–H and O–H groups in total. The predicted molar refractivity (Wildman–Crippen MR) is 95.1 cm³/mol. The molecule has 2 heterocycles. The number of nitrogens with zero attached hydrogens (tertiary/aromatic N) is 3. The second-order valence-corrected chi connectivity index (χ2v) is 7.91. The number of benzene rings is 1. The quantitative estimate of drug-likeness (QED) is 0.846. The summed E-state index contributed by atoms with van der Waals surface area (Å²) in [5.41, 5.74) is 2.87. The number of nitrogens with one attached hydrogen (secondary N) is 1. The monoisotopic (exact) mass is 340 g/mol. The normalized spacial score (nSPS) is 22.0. The number of hydrogen-bond acceptors (Lipinski definition) is 5. The Kier molecular flexibility index (Phi) is 3.53. The molecule has 2 aromatic rings. The maximum absolute atomic E-state index is 12.9. The Labute approximate surface area is 145 Å². The molecule has 0 spiro atoms. The molecule has 0 radical (unpaired) electrons. The average Bonchev–Trinajstić information content (AvgIpc) is 2.95. The molecule has 1 aromatic heterocycles. The maximum atomic E-state index is 12.9. The van der Waals surface area contributed by atoms with E-state index in [1.807, 2.05) is 29.1 Å². The number of ketones is 1. The van der Waals surface area contributed by atoms with Crippen molar-refractivity contribution in [2.24, 2.45) is 5.41 Å². The molecule has 0 unspecified atom stereocenters. The Morgan fingerprint density at radius 1 is 1.25 bits per heavy atom. The molecule has 1 aliphatic heterocycles. The molecule has 0 bridgehead atoms. The van der Waals surface area contributed by atoms with Gasteiger partial charge in [-0.3, -0.25) is 4.79 Å². The Morgan fingerprint density at radius 3 is 2.71 bits per heavy atom. The second kappa shape index (κ2) is 5.48. The zero-order valence-corrected chi connectivity index (χ0v) is 14.9. The number of carbonyl (C=O) groups is 1. The summed E-state index contributed by atoms with van der Waals surface area (Å²) >= 11 is 1.51. The van der Waals surface area contributed by atoms with Gasteiger partial charge in [0.25, 0.3) is 0 Å². The van der Waals surface area contributed by atoms with Crippen LogP contribution in [0.25, 0.3) is 0 Å². The minimum Gasteiger partial charge on any atom is -0.328 e. The molecule has 1 atom stereocenters. The summed E-state index contributed by atoms with van der Waals surface area (Å²) in [4.78, 5) is 17.5. The van der Waals surface area contributed by atoms with E-state index in [-0.39, 0.29) is 17.2 Å². The lowest BCUT2D eigenvalue weighted by Gasteiger charge is -2.38. The first-order valence-electron chi connectivity index (χ1n) is 8.07. The third kappa shape index (κ3) is 2.45. The molecule has 0 saturated carbocycles. The van der Waals surface area contributed by atoms with E-state index in [1.165, 1.54) is 11.8 Å². The third-order valence-corrected chi connectivity index (χ3v) is 5.15. The lowest BCUT2D eigenvalue weighted by Crippen LogP contribution is -2.36. The van der Waals surface area contributed by atoms with Gasteiger partial charge < -0.3 is 5.32 Å². The number of anilines is 1. The van der Waals surface area contributed by atoms with E-state index in [0.717, 1.165) is 29.2 Å². The van der Waals surface area contributed by atoms with Gasteiger partial charge >= 0.3 is 0 Å². The van der Waals surface area contributed by atoms with Crippen LogP contribution >= 0.6 is 11.8 Å². The summed E-state index contributed by atoms with van der Waals surface area (Å²) in [6, 6.07) is 9.90. The molecule has 5 nitrogen and oxygen atoms in total. The molecular formula is C18H20N4OS. The Hall–Kier alpha value is -2.08. The summed E-state index contributed by atoms with van der Waals surface area (Å²) in [7, 11) is 0. The lowest BCUT2D eigenvalue weighted by atomic mass is 9.73. The summed E-state index contributed by atoms with van der Waals surface area (Å²) in [5, 5.41) is 8.70. The molecule has 0 saturated heterocycles. The Balaban J connectivity index is 1.91. The zero-order chi connectivity index (χ0) is 16.9. The maximum Gasteiger partial charge on any atom is 0.227 e. The lowest BCUT2D eigenvalue weighted by molar-refractivity contribution is -0.118. The highest BCUT2D eigenvalue weighted by Gasteiger charge is 2.41. The Morgan fingerprint density at radius 2 is 2.00 bits per heavy atom. The van der Waals surface area contributed by atoms with Crippen LogP contribution in [-0.4, -0.2) is 26.8 Å². The SMILES string of the molecule is CSc1nc2n(n1)[C@H](c1ccccc1)C1=C(CC(C)(C)CC1=O)N2. The van der Waals surface area contributed by atoms with Crippen molar-refractivity contribution in [3.05, 3.63) is 47.2 Å². The molecule has 1 aromatic carbocycles. The van der Waals surface area contributed by atoms with E-state index in [2.05, 4.69) is 41.4 Å². The molecule has 0 fully saturated rings. The van der Waals surface area contributed by atoms with Gasteiger partial charge in [-0.1, -0.05) is 55.9 Å². The molecular weight excluding hydrogens is 320 g/mol. The van der Waals surface area contributed by atoms with Crippen LogP contribution in [-0.2, 0) is 4.79 Å². The number of allylic oxidation sites excluding steroid dienone is 2. The van der Waals surface area contributed by atoms with Crippen molar-refractivity contribution in [1.82, 2.24) is 14.8 Å². The molecule has 4 rings (SSSR count). The van der Waals surface area contributed by atoms with E-state index in [9.17, 15) is 4.79 Å². The van der Waals surface area contributed by atoms with Crippen molar-refractivity contribution in [1.29, 1.82) is 0 Å². The third-order valence-electron chi connectivity index (χ3n) is 4.61. The van der Waals surface area contributed by atoms with Crippen molar-refractivity contribution >= 4 is 23.5 Å². The van der Waals surface area contributed by atoms with Crippen LogP contribution in [0, 0.1) is 5.41 Å². The summed E-state index contributed by atoms with van der Waals surface area (Å²) in [6.45, 7) is 4.28. The fraction of sp³-hybridized carbons (Fsp3) is 0.389. The number of rotatable bonds is 2. The molecule has 124 valence electrons. The average molecular weight is 340 g/mol. The topological polar surface area (TPSA) is 59.8 Å². The summed E-state index contributed by atoms with van der Waals surface area (Å²) in [6.07, 6.45) is 3.37. The van der Waals surface area contributed by atoms with Crippen molar-refractivity contribution < 1.29 is 4.79 Å². The van der Waals surface area contributed by atoms with Crippen molar-refractivity contribution in [3.8, 4) is 0 Å². The first-order valence-corrected chi connectivity index (χ1v) is 9.30. The number of fused-ring (bicyclic) bond motifs is 1. The fourth-order valence-electron chi connectivity index (χ4n) is 3.62. The van der Waals surface area contributed by atoms with Crippen LogP contribution in [0.5, 0.6) is 0 Å². The van der Waals surface area contributed by atoms with Crippen molar-refractivity contribution in [3.63, 3.8) is 0 Å². The van der Waals surface area contributed by atoms with Gasteiger partial charge in [-0.25, -0.2) is 4.68 Å². The molecule has 0 amide bonds. The zero-order valence-electron chi connectivity index (χ0n) is 14.0. The standard InChI is InChI=1S/C18H20N4OS/c1-18(2)9-12-14(13(23)10-18)15(11-7-5-4-6-8-11)22-16(19-12)20-17(21-22)24-3/h4-8,15H,9-10H2,1-3H3,(H,19,20,21)/t15-/m1/s1. The first-order chi connectivity index (χ1) is 11.5. The van der Waals surface area contributed by atoms with E-state index in [4.69, 9.17) is 0 Å². The van der Waals surface area contributed by atoms with Crippen LogP contribution < -0.4 is 5.32 Å². The molecule has 1 aliphatic carbocycles. The first kappa shape index (κ1) is 15.4. The summed E-state index contributed by atoms with van der Waals surface area (Å²) in [5.74, 6) is 0.923. The molecule has 2 aliphatic rings. The number of carbonyl (C=O) groups excluding carboxylic acids is 1. The summed E-state index contributed by atoms with van der Waals surface area (Å²) < 4.78 is 1.86. The second-order valence-electron chi connectivity index (χ2n) is 7.14. The highest BCUT2D eigenvalue weighted by molar-refractivity contribution is 7.98. The van der Waals surface area contributed by atoms with Crippen LogP contribution in [0.4, 0.5) is 5.95 Å². The number of Topliss-reactive ketones (excluding diaryl/α,β-unsaturated/α-hetero) is 1. The predicted octanol–water partition coefficient (Wildman–Crippen LogP) is 3.66. The van der Waals surface area contributed by atoms with Gasteiger partial charge in [0, 0.05) is 17.7 Å². The van der Waals surface area contributed by atoms with E-state index >= 15 is 0 Å². The minimum atomic E-state index is -0.200. The highest BCUT2D eigenvalue weighted by atomic mass is 32.2. The van der Waals surface area contributed by atoms with Gasteiger partial charge in [-0.2, -0.15) is 4.98 Å². The number of thioether (sulfide) groups is 1. The van der Waals surface area contributed by atoms with Crippen molar-refractivity contribution in [2.75, 3.05) is 11.6 Å². The Bertz CT molecular complexity index is 838. The van der Waals surface area contributed by atoms with Gasteiger partial charge in [0.1, 0.15) is 6.04 Å². The minimum absolute atomic E-state index is 0.0331. The van der Waals surface area contributed by atoms with Crippen LogP contribution in [0.1, 0.15) is 38.3 Å². The van der Waals surface area contributed by atoms with Gasteiger partial charge in [-0.15, -0.1) is 5.10 Å². The van der Waals surface area contributed by atoms with Crippen LogP contribution in [0.15, 0.2) is 46.8 Å². The fourth-order valence-corrected chi connectivity index (χ4v) is 3.97. The van der Waals surface area contributed by atoms with Crippen molar-refractivity contribution in [2.45, 2.75) is 37.9 Å². The molecule has 24 heavy (non-hydrogen) atoms.